The second kappa shape index (κ2) is 10.9. The SMILES string of the molecule is COc1ccc(/C(=C(\c2ccc(/C=C/C(=O)O)cc2)c2ccc(C3=NNNN3)cc2)C2CCC2)c(Cl)c1. The summed E-state index contributed by atoms with van der Waals surface area (Å²) in [6, 6.07) is 22.1. The van der Waals surface area contributed by atoms with Crippen molar-refractivity contribution in [1.29, 1.82) is 0 Å². The van der Waals surface area contributed by atoms with E-state index in [1.54, 1.807) is 13.2 Å². The highest BCUT2D eigenvalue weighted by Gasteiger charge is 2.28. The number of halogens is 1. The number of carboxylic acid groups (broad SMARTS) is 1. The molecule has 5 rings (SSSR count). The number of allylic oxidation sites excluding steroid dienone is 1. The van der Waals surface area contributed by atoms with Crippen LogP contribution in [0.1, 0.15) is 47.1 Å². The molecule has 2 aliphatic rings. The highest BCUT2D eigenvalue weighted by Crippen LogP contribution is 2.47. The fraction of sp³-hybridized carbons (Fsp3) is 0.172. The molecule has 1 aliphatic carbocycles. The number of methoxy groups -OCH3 is 1. The average molecular weight is 515 g/mol. The summed E-state index contributed by atoms with van der Waals surface area (Å²) in [5.41, 5.74) is 15.6. The van der Waals surface area contributed by atoms with Crippen LogP contribution >= 0.6 is 11.6 Å². The van der Waals surface area contributed by atoms with Crippen molar-refractivity contribution in [3.63, 3.8) is 0 Å². The van der Waals surface area contributed by atoms with E-state index in [-0.39, 0.29) is 0 Å². The van der Waals surface area contributed by atoms with Crippen molar-refractivity contribution in [1.82, 2.24) is 16.5 Å². The normalized spacial score (nSPS) is 15.9. The van der Waals surface area contributed by atoms with E-state index in [9.17, 15) is 4.79 Å². The van der Waals surface area contributed by atoms with Gasteiger partial charge in [-0.3, -0.25) is 5.43 Å². The maximum atomic E-state index is 11.0. The van der Waals surface area contributed by atoms with Crippen LogP contribution < -0.4 is 21.2 Å². The van der Waals surface area contributed by atoms with Crippen molar-refractivity contribution in [2.24, 2.45) is 11.0 Å². The predicted molar refractivity (Wildman–Crippen MR) is 147 cm³/mol. The molecule has 4 N–H and O–H groups in total. The Bertz CT molecular complexity index is 1390. The third-order valence-corrected chi connectivity index (χ3v) is 7.03. The van der Waals surface area contributed by atoms with Gasteiger partial charge < -0.3 is 9.84 Å². The van der Waals surface area contributed by atoms with E-state index < -0.39 is 5.97 Å². The van der Waals surface area contributed by atoms with Crippen molar-refractivity contribution >= 4 is 40.6 Å². The molecule has 1 saturated carbocycles. The second-order valence-corrected chi connectivity index (χ2v) is 9.36. The monoisotopic (exact) mass is 514 g/mol. The van der Waals surface area contributed by atoms with Gasteiger partial charge >= 0.3 is 5.97 Å². The Kier molecular flexibility index (Phi) is 7.25. The first-order chi connectivity index (χ1) is 18.0. The number of carbonyl (C=O) groups is 1. The Morgan fingerprint density at radius 2 is 1.76 bits per heavy atom. The smallest absolute Gasteiger partial charge is 0.328 e. The molecule has 0 amide bonds. The van der Waals surface area contributed by atoms with Gasteiger partial charge in [0.05, 0.1) is 12.1 Å². The predicted octanol–water partition coefficient (Wildman–Crippen LogP) is 5.48. The van der Waals surface area contributed by atoms with Gasteiger partial charge in [0, 0.05) is 11.6 Å². The van der Waals surface area contributed by atoms with E-state index in [4.69, 9.17) is 21.4 Å². The van der Waals surface area contributed by atoms with Crippen LogP contribution in [0, 0.1) is 5.92 Å². The van der Waals surface area contributed by atoms with Gasteiger partial charge in [0.25, 0.3) is 0 Å². The van der Waals surface area contributed by atoms with Crippen LogP contribution in [0.25, 0.3) is 17.2 Å². The van der Waals surface area contributed by atoms with Gasteiger partial charge in [-0.05, 0) is 76.4 Å². The van der Waals surface area contributed by atoms with Gasteiger partial charge in [-0.2, -0.15) is 0 Å². The maximum absolute atomic E-state index is 11.0. The molecule has 3 aromatic carbocycles. The number of carboxylic acids is 1. The standard InChI is InChI=1S/C29H27ClN4O3/c1-37-23-14-15-24(25(30)17-23)28(19-3-2-4-19)27(20-8-5-18(6-9-20)7-16-26(35)36)21-10-12-22(13-11-21)29-31-33-34-32-29/h5-17,19,33-34H,2-4H2,1H3,(H,31,32)(H,35,36)/b16-7+,28-27+. The summed E-state index contributed by atoms with van der Waals surface area (Å²) in [6.07, 6.45) is 6.10. The molecule has 7 nitrogen and oxygen atoms in total. The van der Waals surface area contributed by atoms with E-state index in [1.165, 1.54) is 12.0 Å². The summed E-state index contributed by atoms with van der Waals surface area (Å²) in [4.78, 5) is 11.0. The number of aliphatic carboxylic acids is 1. The molecule has 0 bridgehead atoms. The first kappa shape index (κ1) is 24.6. The van der Waals surface area contributed by atoms with Crippen molar-refractivity contribution in [3.05, 3.63) is 106 Å². The minimum Gasteiger partial charge on any atom is -0.497 e. The maximum Gasteiger partial charge on any atom is 0.328 e. The summed E-state index contributed by atoms with van der Waals surface area (Å²) >= 11 is 6.84. The van der Waals surface area contributed by atoms with Crippen molar-refractivity contribution in [2.45, 2.75) is 19.3 Å². The molecular weight excluding hydrogens is 488 g/mol. The Hall–Kier alpha value is -4.07. The number of amidine groups is 1. The van der Waals surface area contributed by atoms with Crippen LogP contribution in [-0.4, -0.2) is 24.0 Å². The second-order valence-electron chi connectivity index (χ2n) is 8.96. The first-order valence-corrected chi connectivity index (χ1v) is 12.5. The quantitative estimate of drug-likeness (QED) is 0.235. The highest BCUT2D eigenvalue weighted by atomic mass is 35.5. The zero-order valence-electron chi connectivity index (χ0n) is 20.3. The lowest BCUT2D eigenvalue weighted by Crippen LogP contribution is -2.35. The summed E-state index contributed by atoms with van der Waals surface area (Å²) in [5.74, 6) is 0.831. The molecule has 1 fully saturated rings. The molecule has 3 aromatic rings. The van der Waals surface area contributed by atoms with Gasteiger partial charge in [0.1, 0.15) is 5.75 Å². The Labute approximate surface area is 220 Å². The topological polar surface area (TPSA) is 95.0 Å². The Balaban J connectivity index is 1.67. The number of benzene rings is 3. The van der Waals surface area contributed by atoms with Crippen LogP contribution in [0.2, 0.25) is 5.02 Å². The Morgan fingerprint density at radius 1 is 1.05 bits per heavy atom. The summed E-state index contributed by atoms with van der Waals surface area (Å²) < 4.78 is 5.40. The number of hydrogen-bond acceptors (Lipinski definition) is 6. The van der Waals surface area contributed by atoms with Gasteiger partial charge in [-0.1, -0.05) is 66.6 Å². The lowest BCUT2D eigenvalue weighted by molar-refractivity contribution is -0.131. The number of hydrogen-bond donors (Lipinski definition) is 4. The molecule has 8 heteroatoms. The van der Waals surface area contributed by atoms with Gasteiger partial charge in [-0.15, -0.1) is 10.6 Å². The van der Waals surface area contributed by atoms with E-state index in [1.807, 2.05) is 54.6 Å². The third-order valence-electron chi connectivity index (χ3n) is 6.72. The number of nitrogens with zero attached hydrogens (tertiary/aromatic N) is 1. The van der Waals surface area contributed by atoms with E-state index in [0.29, 0.717) is 22.5 Å². The van der Waals surface area contributed by atoms with Crippen LogP contribution in [0.15, 0.2) is 77.9 Å². The Morgan fingerprint density at radius 3 is 2.30 bits per heavy atom. The van der Waals surface area contributed by atoms with Crippen LogP contribution in [-0.2, 0) is 4.79 Å². The fourth-order valence-electron chi connectivity index (χ4n) is 4.63. The van der Waals surface area contributed by atoms with E-state index >= 15 is 0 Å². The molecule has 0 atom stereocenters. The number of ether oxygens (including phenoxy) is 1. The fourth-order valence-corrected chi connectivity index (χ4v) is 4.91. The van der Waals surface area contributed by atoms with Crippen LogP contribution in [0.3, 0.4) is 0 Å². The molecule has 188 valence electrons. The summed E-state index contributed by atoms with van der Waals surface area (Å²) in [7, 11) is 1.63. The largest absolute Gasteiger partial charge is 0.497 e. The number of hydrazone groups is 1. The molecule has 0 spiro atoms. The summed E-state index contributed by atoms with van der Waals surface area (Å²) in [5, 5.41) is 13.8. The van der Waals surface area contributed by atoms with Crippen LogP contribution in [0.5, 0.6) is 5.75 Å². The molecule has 1 heterocycles. The zero-order valence-corrected chi connectivity index (χ0v) is 21.0. The minimum atomic E-state index is -0.974. The molecule has 37 heavy (non-hydrogen) atoms. The number of hydrazine groups is 2. The van der Waals surface area contributed by atoms with Gasteiger partial charge in [0.15, 0.2) is 5.84 Å². The highest BCUT2D eigenvalue weighted by molar-refractivity contribution is 6.33. The molecule has 0 aromatic heterocycles. The van der Waals surface area contributed by atoms with E-state index in [0.717, 1.165) is 52.3 Å². The van der Waals surface area contributed by atoms with Crippen LogP contribution in [0.4, 0.5) is 0 Å². The van der Waals surface area contributed by atoms with Gasteiger partial charge in [-0.25, -0.2) is 10.3 Å². The molecule has 0 unspecified atom stereocenters. The molecular formula is C29H27ClN4O3. The lowest BCUT2D eigenvalue weighted by Gasteiger charge is -2.32. The van der Waals surface area contributed by atoms with Crippen molar-refractivity contribution < 1.29 is 14.6 Å². The molecule has 0 saturated heterocycles. The first-order valence-electron chi connectivity index (χ1n) is 12.1. The van der Waals surface area contributed by atoms with Crippen molar-refractivity contribution in [2.75, 3.05) is 7.11 Å². The minimum absolute atomic E-state index is 0.376. The third kappa shape index (κ3) is 5.38. The molecule has 1 aliphatic heterocycles. The number of nitrogens with one attached hydrogen (secondary N) is 3. The average Bonchev–Trinajstić information content (AvgIpc) is 3.42. The van der Waals surface area contributed by atoms with Crippen molar-refractivity contribution in [3.8, 4) is 5.75 Å². The number of rotatable bonds is 8. The summed E-state index contributed by atoms with van der Waals surface area (Å²) in [6.45, 7) is 0. The van der Waals surface area contributed by atoms with E-state index in [2.05, 4.69) is 33.7 Å². The van der Waals surface area contributed by atoms with Gasteiger partial charge in [0.2, 0.25) is 0 Å². The zero-order chi connectivity index (χ0) is 25.8. The lowest BCUT2D eigenvalue weighted by atomic mass is 9.73. The molecule has 0 radical (unpaired) electrons.